The third-order valence-electron chi connectivity index (χ3n) is 5.64. The standard InChI is InChI=1S/C23H25N3O4/c27-20(15-26-21(28)23(25-22(26)29)13-5-2-6-14-23)24-18-9-11-19(12-10-18)30-16-17-7-3-1-4-8-17/h1,3-4,7-12H,2,5-6,13-16H2,(H,24,27)(H,25,29). The molecule has 2 aliphatic rings. The lowest BCUT2D eigenvalue weighted by molar-refractivity contribution is -0.134. The third-order valence-corrected chi connectivity index (χ3v) is 5.64. The van der Waals surface area contributed by atoms with Crippen LogP contribution in [0.2, 0.25) is 0 Å². The highest BCUT2D eigenvalue weighted by Crippen LogP contribution is 2.33. The van der Waals surface area contributed by atoms with Crippen LogP contribution in [0.15, 0.2) is 54.6 Å². The molecule has 0 radical (unpaired) electrons. The van der Waals surface area contributed by atoms with Crippen molar-refractivity contribution in [3.05, 3.63) is 60.2 Å². The maximum absolute atomic E-state index is 12.8. The van der Waals surface area contributed by atoms with Crippen LogP contribution in [0.4, 0.5) is 10.5 Å². The van der Waals surface area contributed by atoms with Gasteiger partial charge in [-0.15, -0.1) is 0 Å². The lowest BCUT2D eigenvalue weighted by atomic mass is 9.82. The fourth-order valence-electron chi connectivity index (χ4n) is 4.03. The number of carbonyl (C=O) groups excluding carboxylic acids is 3. The van der Waals surface area contributed by atoms with Gasteiger partial charge in [0.05, 0.1) is 0 Å². The Bertz CT molecular complexity index is 921. The topological polar surface area (TPSA) is 87.7 Å². The van der Waals surface area contributed by atoms with E-state index < -0.39 is 17.5 Å². The first-order valence-electron chi connectivity index (χ1n) is 10.3. The van der Waals surface area contributed by atoms with Crippen molar-refractivity contribution in [2.24, 2.45) is 0 Å². The summed E-state index contributed by atoms with van der Waals surface area (Å²) >= 11 is 0. The first-order valence-corrected chi connectivity index (χ1v) is 10.3. The van der Waals surface area contributed by atoms with Crippen LogP contribution in [-0.4, -0.2) is 34.8 Å². The lowest BCUT2D eigenvalue weighted by Gasteiger charge is -2.30. The molecule has 1 saturated heterocycles. The van der Waals surface area contributed by atoms with Crippen LogP contribution in [0.1, 0.15) is 37.7 Å². The molecular weight excluding hydrogens is 382 g/mol. The van der Waals surface area contributed by atoms with Crippen molar-refractivity contribution in [2.75, 3.05) is 11.9 Å². The SMILES string of the molecule is O=C(CN1C(=O)NC2(CCCCC2)C1=O)Nc1ccc(OCc2ccccc2)cc1. The minimum absolute atomic E-state index is 0.285. The molecule has 1 heterocycles. The van der Waals surface area contributed by atoms with E-state index in [1.807, 2.05) is 30.3 Å². The normalized spacial score (nSPS) is 17.7. The van der Waals surface area contributed by atoms with Gasteiger partial charge in [0, 0.05) is 5.69 Å². The first-order chi connectivity index (χ1) is 14.6. The quantitative estimate of drug-likeness (QED) is 0.718. The van der Waals surface area contributed by atoms with Gasteiger partial charge in [-0.05, 0) is 42.7 Å². The summed E-state index contributed by atoms with van der Waals surface area (Å²) in [5, 5.41) is 5.55. The molecule has 2 fully saturated rings. The highest BCUT2D eigenvalue weighted by molar-refractivity contribution is 6.10. The van der Waals surface area contributed by atoms with Crippen LogP contribution in [-0.2, 0) is 16.2 Å². The number of nitrogens with one attached hydrogen (secondary N) is 2. The minimum atomic E-state index is -0.812. The van der Waals surface area contributed by atoms with Gasteiger partial charge in [0.25, 0.3) is 5.91 Å². The van der Waals surface area contributed by atoms with Gasteiger partial charge < -0.3 is 15.4 Å². The molecule has 2 aromatic rings. The van der Waals surface area contributed by atoms with E-state index in [0.29, 0.717) is 30.9 Å². The molecule has 7 nitrogen and oxygen atoms in total. The highest BCUT2D eigenvalue weighted by Gasteiger charge is 2.51. The number of urea groups is 1. The monoisotopic (exact) mass is 407 g/mol. The summed E-state index contributed by atoms with van der Waals surface area (Å²) in [7, 11) is 0. The molecule has 1 saturated carbocycles. The summed E-state index contributed by atoms with van der Waals surface area (Å²) in [6.45, 7) is 0.166. The molecule has 0 atom stereocenters. The van der Waals surface area contributed by atoms with Gasteiger partial charge in [0.15, 0.2) is 0 Å². The number of anilines is 1. The van der Waals surface area contributed by atoms with E-state index in [1.54, 1.807) is 24.3 Å². The van der Waals surface area contributed by atoms with E-state index in [9.17, 15) is 14.4 Å². The smallest absolute Gasteiger partial charge is 0.325 e. The first kappa shape index (κ1) is 19.9. The van der Waals surface area contributed by atoms with E-state index in [0.717, 1.165) is 29.7 Å². The summed E-state index contributed by atoms with van der Waals surface area (Å²) in [4.78, 5) is 38.5. The van der Waals surface area contributed by atoms with Gasteiger partial charge in [0.1, 0.15) is 24.4 Å². The van der Waals surface area contributed by atoms with Crippen molar-refractivity contribution in [2.45, 2.75) is 44.2 Å². The Balaban J connectivity index is 1.30. The predicted octanol–water partition coefficient (Wildman–Crippen LogP) is 3.46. The number of ether oxygens (including phenoxy) is 1. The second kappa shape index (κ2) is 8.57. The van der Waals surface area contributed by atoms with Gasteiger partial charge in [0.2, 0.25) is 5.91 Å². The second-order valence-corrected chi connectivity index (χ2v) is 7.81. The Labute approximate surface area is 175 Å². The van der Waals surface area contributed by atoms with Gasteiger partial charge in [-0.2, -0.15) is 0 Å². The highest BCUT2D eigenvalue weighted by atomic mass is 16.5. The summed E-state index contributed by atoms with van der Waals surface area (Å²) in [5.74, 6) is -0.0125. The van der Waals surface area contributed by atoms with Crippen molar-refractivity contribution in [1.82, 2.24) is 10.2 Å². The maximum atomic E-state index is 12.8. The fourth-order valence-corrected chi connectivity index (χ4v) is 4.03. The van der Waals surface area contributed by atoms with Crippen LogP contribution < -0.4 is 15.4 Å². The van der Waals surface area contributed by atoms with Crippen molar-refractivity contribution in [1.29, 1.82) is 0 Å². The zero-order chi connectivity index (χ0) is 21.0. The lowest BCUT2D eigenvalue weighted by Crippen LogP contribution is -2.48. The number of hydrogen-bond donors (Lipinski definition) is 2. The Morgan fingerprint density at radius 1 is 1.00 bits per heavy atom. The van der Waals surface area contributed by atoms with Crippen LogP contribution in [0.5, 0.6) is 5.75 Å². The largest absolute Gasteiger partial charge is 0.489 e. The minimum Gasteiger partial charge on any atom is -0.489 e. The Morgan fingerprint density at radius 2 is 1.70 bits per heavy atom. The number of hydrogen-bond acceptors (Lipinski definition) is 4. The Hall–Kier alpha value is -3.35. The molecule has 1 aliphatic carbocycles. The molecule has 0 aromatic heterocycles. The molecule has 2 N–H and O–H groups in total. The maximum Gasteiger partial charge on any atom is 0.325 e. The van der Waals surface area contributed by atoms with Gasteiger partial charge >= 0.3 is 6.03 Å². The number of amides is 4. The zero-order valence-electron chi connectivity index (χ0n) is 16.7. The van der Waals surface area contributed by atoms with Crippen molar-refractivity contribution in [3.8, 4) is 5.75 Å². The predicted molar refractivity (Wildman–Crippen MR) is 112 cm³/mol. The summed E-state index contributed by atoms with van der Waals surface area (Å²) < 4.78 is 5.73. The molecule has 30 heavy (non-hydrogen) atoms. The zero-order valence-corrected chi connectivity index (χ0v) is 16.7. The molecular formula is C23H25N3O4. The molecule has 1 spiro atoms. The van der Waals surface area contributed by atoms with Crippen molar-refractivity contribution in [3.63, 3.8) is 0 Å². The summed E-state index contributed by atoms with van der Waals surface area (Å²) in [6.07, 6.45) is 4.16. The van der Waals surface area contributed by atoms with E-state index in [1.165, 1.54) is 0 Å². The van der Waals surface area contributed by atoms with E-state index in [4.69, 9.17) is 4.74 Å². The molecule has 4 amide bonds. The molecule has 0 unspecified atom stereocenters. The molecule has 156 valence electrons. The summed E-state index contributed by atoms with van der Waals surface area (Å²) in [6, 6.07) is 16.4. The molecule has 4 rings (SSSR count). The number of rotatable bonds is 6. The van der Waals surface area contributed by atoms with Gasteiger partial charge in [-0.3, -0.25) is 14.5 Å². The van der Waals surface area contributed by atoms with Crippen molar-refractivity contribution < 1.29 is 19.1 Å². The third kappa shape index (κ3) is 4.30. The number of benzene rings is 2. The van der Waals surface area contributed by atoms with Crippen LogP contribution in [0.3, 0.4) is 0 Å². The van der Waals surface area contributed by atoms with E-state index in [2.05, 4.69) is 10.6 Å². The fraction of sp³-hybridized carbons (Fsp3) is 0.348. The number of carbonyl (C=O) groups is 3. The Morgan fingerprint density at radius 3 is 2.40 bits per heavy atom. The van der Waals surface area contributed by atoms with Crippen LogP contribution >= 0.6 is 0 Å². The van der Waals surface area contributed by atoms with E-state index >= 15 is 0 Å². The van der Waals surface area contributed by atoms with Crippen molar-refractivity contribution >= 4 is 23.5 Å². The van der Waals surface area contributed by atoms with Crippen LogP contribution in [0, 0.1) is 0 Å². The second-order valence-electron chi connectivity index (χ2n) is 7.81. The Kier molecular flexibility index (Phi) is 5.70. The van der Waals surface area contributed by atoms with Crippen LogP contribution in [0.25, 0.3) is 0 Å². The molecule has 2 aromatic carbocycles. The number of nitrogens with zero attached hydrogens (tertiary/aromatic N) is 1. The average molecular weight is 407 g/mol. The number of imide groups is 1. The average Bonchev–Trinajstić information content (AvgIpc) is 2.98. The van der Waals surface area contributed by atoms with Gasteiger partial charge in [-0.1, -0.05) is 49.6 Å². The molecule has 1 aliphatic heterocycles. The summed E-state index contributed by atoms with van der Waals surface area (Å²) in [5.41, 5.74) is 0.832. The van der Waals surface area contributed by atoms with Gasteiger partial charge in [-0.25, -0.2) is 4.79 Å². The molecule has 7 heteroatoms. The van der Waals surface area contributed by atoms with E-state index in [-0.39, 0.29) is 12.5 Å². The molecule has 0 bridgehead atoms.